The predicted octanol–water partition coefficient (Wildman–Crippen LogP) is 0.0550. The molecule has 2 N–H and O–H groups in total. The van der Waals surface area contributed by atoms with Gasteiger partial charge in [-0.25, -0.2) is 0 Å². The second kappa shape index (κ2) is 9.32. The zero-order chi connectivity index (χ0) is 15.8. The van der Waals surface area contributed by atoms with Gasteiger partial charge in [-0.3, -0.25) is 4.79 Å². The van der Waals surface area contributed by atoms with Crippen molar-refractivity contribution in [2.75, 3.05) is 27.4 Å². The van der Waals surface area contributed by atoms with E-state index in [1.54, 1.807) is 0 Å². The molecule has 0 spiro atoms. The fraction of sp³-hybridized carbons (Fsp3) is 0.929. The fourth-order valence-electron chi connectivity index (χ4n) is 2.49. The van der Waals surface area contributed by atoms with Crippen LogP contribution in [0.2, 0.25) is 0 Å². The number of unbranched alkanes of at least 4 members (excludes halogenated alkanes) is 1. The van der Waals surface area contributed by atoms with Crippen molar-refractivity contribution in [3.05, 3.63) is 0 Å². The van der Waals surface area contributed by atoms with E-state index >= 15 is 0 Å². The Balaban J connectivity index is 2.87. The average molecular weight is 305 g/mol. The van der Waals surface area contributed by atoms with Crippen LogP contribution in [0.1, 0.15) is 26.7 Å². The average Bonchev–Trinajstić information content (AvgIpc) is 2.47. The molecule has 1 rings (SSSR count). The maximum atomic E-state index is 11.4. The molecule has 1 fully saturated rings. The van der Waals surface area contributed by atoms with Gasteiger partial charge in [-0.15, -0.1) is 0 Å². The third-order valence-corrected chi connectivity index (χ3v) is 3.52. The van der Waals surface area contributed by atoms with Crippen molar-refractivity contribution in [3.8, 4) is 0 Å². The molecule has 1 aliphatic heterocycles. The van der Waals surface area contributed by atoms with Gasteiger partial charge in [0.2, 0.25) is 5.91 Å². The van der Waals surface area contributed by atoms with Crippen molar-refractivity contribution in [1.82, 2.24) is 5.32 Å². The van der Waals surface area contributed by atoms with Gasteiger partial charge in [-0.2, -0.15) is 0 Å². The maximum absolute atomic E-state index is 11.4. The van der Waals surface area contributed by atoms with Crippen LogP contribution >= 0.6 is 0 Å². The van der Waals surface area contributed by atoms with Crippen LogP contribution in [-0.4, -0.2) is 69.1 Å². The summed E-state index contributed by atoms with van der Waals surface area (Å²) in [6, 6.07) is -0.489. The van der Waals surface area contributed by atoms with Crippen molar-refractivity contribution < 1.29 is 28.8 Å². The quantitative estimate of drug-likeness (QED) is 0.617. The Morgan fingerprint density at radius 2 is 1.95 bits per heavy atom. The molecule has 1 saturated heterocycles. The Labute approximate surface area is 125 Å². The monoisotopic (exact) mass is 305 g/mol. The molecule has 1 aliphatic rings. The van der Waals surface area contributed by atoms with E-state index in [2.05, 4.69) is 12.2 Å². The zero-order valence-corrected chi connectivity index (χ0v) is 13.2. The minimum atomic E-state index is -0.672. The van der Waals surface area contributed by atoms with Gasteiger partial charge in [0.15, 0.2) is 6.29 Å². The minimum absolute atomic E-state index is 0.202. The maximum Gasteiger partial charge on any atom is 0.217 e. The van der Waals surface area contributed by atoms with Crippen molar-refractivity contribution in [1.29, 1.82) is 0 Å². The summed E-state index contributed by atoms with van der Waals surface area (Å²) in [6.45, 7) is 3.80. The van der Waals surface area contributed by atoms with Gasteiger partial charge < -0.3 is 29.4 Å². The Kier molecular flexibility index (Phi) is 8.13. The molecule has 0 unspecified atom stereocenters. The van der Waals surface area contributed by atoms with E-state index in [0.717, 1.165) is 12.8 Å². The molecule has 7 nitrogen and oxygen atoms in total. The molecule has 0 aromatic heterocycles. The number of carbonyl (C=O) groups excluding carboxylic acids is 1. The van der Waals surface area contributed by atoms with Crippen molar-refractivity contribution in [2.45, 2.75) is 57.3 Å². The van der Waals surface area contributed by atoms with Gasteiger partial charge in [-0.1, -0.05) is 13.3 Å². The summed E-state index contributed by atoms with van der Waals surface area (Å²) in [5, 5.41) is 12.3. The summed E-state index contributed by atoms with van der Waals surface area (Å²) in [4.78, 5) is 11.4. The highest BCUT2D eigenvalue weighted by atomic mass is 16.7. The van der Waals surface area contributed by atoms with Crippen molar-refractivity contribution >= 4 is 5.91 Å². The largest absolute Gasteiger partial charge is 0.394 e. The summed E-state index contributed by atoms with van der Waals surface area (Å²) < 4.78 is 22.3. The third kappa shape index (κ3) is 4.89. The van der Waals surface area contributed by atoms with E-state index in [9.17, 15) is 9.90 Å². The lowest BCUT2D eigenvalue weighted by Crippen LogP contribution is -2.65. The molecule has 0 aromatic carbocycles. The van der Waals surface area contributed by atoms with Gasteiger partial charge in [0, 0.05) is 27.8 Å². The summed E-state index contributed by atoms with van der Waals surface area (Å²) in [5.74, 6) is -0.202. The number of methoxy groups -OCH3 is 2. The molecule has 124 valence electrons. The molecule has 1 heterocycles. The Morgan fingerprint density at radius 3 is 2.43 bits per heavy atom. The molecule has 0 bridgehead atoms. The van der Waals surface area contributed by atoms with Crippen LogP contribution in [0.3, 0.4) is 0 Å². The molecule has 1 amide bonds. The summed E-state index contributed by atoms with van der Waals surface area (Å²) in [6.07, 6.45) is -0.290. The lowest BCUT2D eigenvalue weighted by Gasteiger charge is -2.45. The molecule has 5 atom stereocenters. The van der Waals surface area contributed by atoms with Crippen LogP contribution in [0.15, 0.2) is 0 Å². The first kappa shape index (κ1) is 18.3. The second-order valence-corrected chi connectivity index (χ2v) is 5.08. The van der Waals surface area contributed by atoms with E-state index in [4.69, 9.17) is 18.9 Å². The Hall–Kier alpha value is -0.730. The molecule has 0 radical (unpaired) electrons. The van der Waals surface area contributed by atoms with Crippen LogP contribution in [0.25, 0.3) is 0 Å². The highest BCUT2D eigenvalue weighted by Crippen LogP contribution is 2.26. The summed E-state index contributed by atoms with van der Waals surface area (Å²) in [7, 11) is 3.06. The lowest BCUT2D eigenvalue weighted by molar-refractivity contribution is -0.278. The number of aliphatic hydroxyl groups excluding tert-OH is 1. The normalized spacial score (nSPS) is 32.9. The molecule has 21 heavy (non-hydrogen) atoms. The van der Waals surface area contributed by atoms with Gasteiger partial charge in [-0.05, 0) is 6.42 Å². The number of carbonyl (C=O) groups is 1. The first-order valence-corrected chi connectivity index (χ1v) is 7.29. The topological polar surface area (TPSA) is 86.2 Å². The van der Waals surface area contributed by atoms with Crippen LogP contribution in [0, 0.1) is 0 Å². The van der Waals surface area contributed by atoms with E-state index in [0.29, 0.717) is 6.61 Å². The Morgan fingerprint density at radius 1 is 1.29 bits per heavy atom. The standard InChI is InChI=1S/C14H27NO6/c1-5-6-7-20-14-11(15-9(2)17)13(19-4)12(18-3)10(8-16)21-14/h10-14,16H,5-8H2,1-4H3,(H,15,17)/t10-,11-,12-,13-,14-/m0/s1. The summed E-state index contributed by atoms with van der Waals surface area (Å²) >= 11 is 0. The number of amides is 1. The first-order valence-electron chi connectivity index (χ1n) is 7.29. The van der Waals surface area contributed by atoms with Crippen LogP contribution in [0.5, 0.6) is 0 Å². The van der Waals surface area contributed by atoms with Crippen molar-refractivity contribution in [2.24, 2.45) is 0 Å². The third-order valence-electron chi connectivity index (χ3n) is 3.52. The number of nitrogens with one attached hydrogen (secondary N) is 1. The zero-order valence-electron chi connectivity index (χ0n) is 13.2. The van der Waals surface area contributed by atoms with Gasteiger partial charge >= 0.3 is 0 Å². The number of aliphatic hydroxyl groups is 1. The number of rotatable bonds is 8. The molecule has 0 aliphatic carbocycles. The number of ether oxygens (including phenoxy) is 4. The van der Waals surface area contributed by atoms with Gasteiger partial charge in [0.25, 0.3) is 0 Å². The highest BCUT2D eigenvalue weighted by Gasteiger charge is 2.47. The molecular formula is C14H27NO6. The minimum Gasteiger partial charge on any atom is -0.394 e. The van der Waals surface area contributed by atoms with Crippen LogP contribution < -0.4 is 5.32 Å². The SMILES string of the molecule is CCCCO[C@H]1O[C@@H](CO)[C@H](OC)[C@@H](OC)[C@@H]1NC(C)=O. The van der Waals surface area contributed by atoms with E-state index < -0.39 is 30.6 Å². The fourth-order valence-corrected chi connectivity index (χ4v) is 2.49. The highest BCUT2D eigenvalue weighted by molar-refractivity contribution is 5.73. The van der Waals surface area contributed by atoms with Crippen LogP contribution in [0.4, 0.5) is 0 Å². The first-order chi connectivity index (χ1) is 10.1. The van der Waals surface area contributed by atoms with E-state index in [1.807, 2.05) is 0 Å². The smallest absolute Gasteiger partial charge is 0.217 e. The molecule has 0 saturated carbocycles. The molecule has 0 aromatic rings. The molecular weight excluding hydrogens is 278 g/mol. The van der Waals surface area contributed by atoms with E-state index in [-0.39, 0.29) is 12.5 Å². The Bertz CT molecular complexity index is 314. The van der Waals surface area contributed by atoms with Crippen LogP contribution in [-0.2, 0) is 23.7 Å². The number of hydrogen-bond acceptors (Lipinski definition) is 6. The lowest BCUT2D eigenvalue weighted by atomic mass is 9.96. The van der Waals surface area contributed by atoms with Gasteiger partial charge in [0.05, 0.1) is 6.61 Å². The van der Waals surface area contributed by atoms with Crippen molar-refractivity contribution in [3.63, 3.8) is 0 Å². The molecule has 7 heteroatoms. The second-order valence-electron chi connectivity index (χ2n) is 5.08. The summed E-state index contributed by atoms with van der Waals surface area (Å²) in [5.41, 5.74) is 0. The number of hydrogen-bond donors (Lipinski definition) is 2. The predicted molar refractivity (Wildman–Crippen MR) is 75.8 cm³/mol. The van der Waals surface area contributed by atoms with Gasteiger partial charge in [0.1, 0.15) is 24.4 Å². The van der Waals surface area contributed by atoms with E-state index in [1.165, 1.54) is 21.1 Å².